The summed E-state index contributed by atoms with van der Waals surface area (Å²) in [5.74, 6) is -0.236. The second-order valence-corrected chi connectivity index (χ2v) is 4.67. The summed E-state index contributed by atoms with van der Waals surface area (Å²) >= 11 is 0. The third-order valence-corrected chi connectivity index (χ3v) is 2.88. The van der Waals surface area contributed by atoms with Gasteiger partial charge in [0.25, 0.3) is 5.91 Å². The first kappa shape index (κ1) is 12.5. The largest absolute Gasteiger partial charge is 0.366 e. The van der Waals surface area contributed by atoms with E-state index in [0.717, 1.165) is 12.8 Å². The molecule has 0 saturated heterocycles. The lowest BCUT2D eigenvalue weighted by Gasteiger charge is -2.07. The average molecular weight is 272 g/mol. The molecule has 1 aliphatic carbocycles. The number of carbonyl (C=O) groups is 1. The van der Waals surface area contributed by atoms with E-state index in [1.165, 1.54) is 24.4 Å². The molecule has 0 aliphatic heterocycles. The van der Waals surface area contributed by atoms with E-state index in [1.54, 1.807) is 12.3 Å². The van der Waals surface area contributed by atoms with Crippen molar-refractivity contribution in [2.75, 3.05) is 10.6 Å². The molecule has 1 aromatic heterocycles. The van der Waals surface area contributed by atoms with Gasteiger partial charge in [-0.05, 0) is 31.0 Å². The minimum atomic E-state index is -0.414. The number of halogens is 1. The van der Waals surface area contributed by atoms with Crippen LogP contribution in [0.3, 0.4) is 0 Å². The van der Waals surface area contributed by atoms with Gasteiger partial charge in [-0.2, -0.15) is 0 Å². The average Bonchev–Trinajstić information content (AvgIpc) is 3.23. The number of hydrogen-bond acceptors (Lipinski definition) is 4. The number of aromatic nitrogens is 2. The molecule has 1 amide bonds. The number of rotatable bonds is 4. The van der Waals surface area contributed by atoms with Crippen molar-refractivity contribution in [3.63, 3.8) is 0 Å². The Bertz CT molecular complexity index is 643. The molecule has 3 rings (SSSR count). The summed E-state index contributed by atoms with van der Waals surface area (Å²) < 4.78 is 13.0. The van der Waals surface area contributed by atoms with Crippen LogP contribution in [-0.2, 0) is 0 Å². The van der Waals surface area contributed by atoms with Crippen molar-refractivity contribution in [1.29, 1.82) is 0 Å². The molecule has 1 aromatic carbocycles. The molecule has 6 heteroatoms. The van der Waals surface area contributed by atoms with Gasteiger partial charge in [0.2, 0.25) is 0 Å². The zero-order valence-electron chi connectivity index (χ0n) is 10.6. The van der Waals surface area contributed by atoms with Crippen molar-refractivity contribution in [2.45, 2.75) is 18.9 Å². The Balaban J connectivity index is 1.72. The van der Waals surface area contributed by atoms with E-state index >= 15 is 0 Å². The molecule has 5 nitrogen and oxygen atoms in total. The highest BCUT2D eigenvalue weighted by atomic mass is 19.1. The minimum Gasteiger partial charge on any atom is -0.366 e. The molecule has 1 fully saturated rings. The topological polar surface area (TPSA) is 66.9 Å². The van der Waals surface area contributed by atoms with E-state index in [9.17, 15) is 9.18 Å². The highest BCUT2D eigenvalue weighted by Gasteiger charge is 2.21. The van der Waals surface area contributed by atoms with Crippen molar-refractivity contribution in [3.8, 4) is 0 Å². The summed E-state index contributed by atoms with van der Waals surface area (Å²) in [7, 11) is 0. The summed E-state index contributed by atoms with van der Waals surface area (Å²) in [6.45, 7) is 0. The highest BCUT2D eigenvalue weighted by Crippen LogP contribution is 2.23. The predicted octanol–water partition coefficient (Wildman–Crippen LogP) is 2.44. The fourth-order valence-corrected chi connectivity index (χ4v) is 1.74. The Morgan fingerprint density at radius 1 is 1.30 bits per heavy atom. The Morgan fingerprint density at radius 2 is 2.15 bits per heavy atom. The Labute approximate surface area is 115 Å². The Hall–Kier alpha value is -2.50. The Kier molecular flexibility index (Phi) is 3.28. The first-order valence-electron chi connectivity index (χ1n) is 6.36. The van der Waals surface area contributed by atoms with Crippen LogP contribution in [0.1, 0.15) is 23.3 Å². The lowest BCUT2D eigenvalue weighted by atomic mass is 10.3. The van der Waals surface area contributed by atoms with Crippen molar-refractivity contribution < 1.29 is 9.18 Å². The number of nitrogens with one attached hydrogen (secondary N) is 2. The maximum absolute atomic E-state index is 13.0. The van der Waals surface area contributed by atoms with Gasteiger partial charge in [0.05, 0.1) is 12.4 Å². The van der Waals surface area contributed by atoms with Crippen molar-refractivity contribution in [1.82, 2.24) is 9.97 Å². The first-order valence-corrected chi connectivity index (χ1v) is 6.36. The molecule has 1 aliphatic rings. The van der Waals surface area contributed by atoms with Crippen LogP contribution in [0.5, 0.6) is 0 Å². The van der Waals surface area contributed by atoms with Crippen LogP contribution in [-0.4, -0.2) is 21.9 Å². The molecule has 1 saturated carbocycles. The van der Waals surface area contributed by atoms with Gasteiger partial charge in [-0.25, -0.2) is 9.37 Å². The number of amides is 1. The molecule has 0 unspecified atom stereocenters. The van der Waals surface area contributed by atoms with Crippen LogP contribution >= 0.6 is 0 Å². The van der Waals surface area contributed by atoms with E-state index in [4.69, 9.17) is 0 Å². The molecular weight excluding hydrogens is 259 g/mol. The van der Waals surface area contributed by atoms with E-state index in [-0.39, 0.29) is 5.69 Å². The third-order valence-electron chi connectivity index (χ3n) is 2.88. The molecule has 102 valence electrons. The normalized spacial score (nSPS) is 13.8. The predicted molar refractivity (Wildman–Crippen MR) is 73.0 cm³/mol. The molecule has 2 aromatic rings. The highest BCUT2D eigenvalue weighted by molar-refractivity contribution is 6.02. The second-order valence-electron chi connectivity index (χ2n) is 4.67. The molecule has 2 N–H and O–H groups in total. The second kappa shape index (κ2) is 5.24. The molecule has 0 spiro atoms. The van der Waals surface area contributed by atoms with E-state index in [0.29, 0.717) is 17.5 Å². The van der Waals surface area contributed by atoms with E-state index < -0.39 is 11.7 Å². The van der Waals surface area contributed by atoms with Crippen molar-refractivity contribution >= 4 is 17.4 Å². The van der Waals surface area contributed by atoms with Gasteiger partial charge in [0.15, 0.2) is 0 Å². The molecule has 1 heterocycles. The maximum Gasteiger partial charge on any atom is 0.275 e. The van der Waals surface area contributed by atoms with Crippen LogP contribution in [0.25, 0.3) is 0 Å². The Morgan fingerprint density at radius 3 is 2.90 bits per heavy atom. The van der Waals surface area contributed by atoms with Crippen LogP contribution in [0.2, 0.25) is 0 Å². The van der Waals surface area contributed by atoms with Crippen LogP contribution in [0.4, 0.5) is 15.9 Å². The summed E-state index contributed by atoms with van der Waals surface area (Å²) in [6, 6.07) is 6.14. The van der Waals surface area contributed by atoms with Crippen LogP contribution in [0, 0.1) is 5.82 Å². The summed E-state index contributed by atoms with van der Waals surface area (Å²) in [4.78, 5) is 20.2. The van der Waals surface area contributed by atoms with Gasteiger partial charge < -0.3 is 10.6 Å². The van der Waals surface area contributed by atoms with Crippen LogP contribution < -0.4 is 10.6 Å². The molecule has 20 heavy (non-hydrogen) atoms. The van der Waals surface area contributed by atoms with Gasteiger partial charge in [-0.1, -0.05) is 6.07 Å². The number of anilines is 2. The van der Waals surface area contributed by atoms with Crippen molar-refractivity contribution in [2.24, 2.45) is 0 Å². The molecule has 0 bridgehead atoms. The maximum atomic E-state index is 13.0. The first-order chi connectivity index (χ1) is 9.70. The number of benzene rings is 1. The summed E-state index contributed by atoms with van der Waals surface area (Å²) in [6.07, 6.45) is 5.19. The SMILES string of the molecule is O=C(Nc1cccc(F)c1)c1cncc(NC2CC2)n1. The zero-order chi connectivity index (χ0) is 13.9. The van der Waals surface area contributed by atoms with Gasteiger partial charge in [-0.3, -0.25) is 9.78 Å². The van der Waals surface area contributed by atoms with Gasteiger partial charge in [0.1, 0.15) is 17.3 Å². The van der Waals surface area contributed by atoms with E-state index in [2.05, 4.69) is 20.6 Å². The quantitative estimate of drug-likeness (QED) is 0.897. The fraction of sp³-hybridized carbons (Fsp3) is 0.214. The standard InChI is InChI=1S/C14H13FN4O/c15-9-2-1-3-11(6-9)18-14(20)12-7-16-8-13(19-12)17-10-4-5-10/h1-3,6-8,10H,4-5H2,(H,17,19)(H,18,20). The van der Waals surface area contributed by atoms with E-state index in [1.807, 2.05) is 0 Å². The van der Waals surface area contributed by atoms with Gasteiger partial charge >= 0.3 is 0 Å². The number of nitrogens with zero attached hydrogens (tertiary/aromatic N) is 2. The molecule has 0 radical (unpaired) electrons. The fourth-order valence-electron chi connectivity index (χ4n) is 1.74. The number of hydrogen-bond donors (Lipinski definition) is 2. The smallest absolute Gasteiger partial charge is 0.275 e. The lowest BCUT2D eigenvalue weighted by Crippen LogP contribution is -2.15. The van der Waals surface area contributed by atoms with Crippen LogP contribution in [0.15, 0.2) is 36.7 Å². The summed E-state index contributed by atoms with van der Waals surface area (Å²) in [5, 5.41) is 5.76. The molecule has 0 atom stereocenters. The van der Waals surface area contributed by atoms with Gasteiger partial charge in [0, 0.05) is 11.7 Å². The lowest BCUT2D eigenvalue weighted by molar-refractivity contribution is 0.102. The monoisotopic (exact) mass is 272 g/mol. The molecular formula is C14H13FN4O. The third kappa shape index (κ3) is 3.09. The minimum absolute atomic E-state index is 0.194. The zero-order valence-corrected chi connectivity index (χ0v) is 10.6. The summed E-state index contributed by atoms with van der Waals surface area (Å²) in [5.41, 5.74) is 0.581. The van der Waals surface area contributed by atoms with Crippen molar-refractivity contribution in [3.05, 3.63) is 48.2 Å². The number of carbonyl (C=O) groups excluding carboxylic acids is 1. The van der Waals surface area contributed by atoms with Gasteiger partial charge in [-0.15, -0.1) is 0 Å².